The fraction of sp³-hybridized carbons (Fsp3) is 0.500. The number of nitrogens with one attached hydrogen (secondary N) is 1. The number of anilines is 1. The molecule has 1 aromatic carbocycles. The van der Waals surface area contributed by atoms with Gasteiger partial charge >= 0.3 is 0 Å². The topological polar surface area (TPSA) is 35.8 Å². The molecule has 2 atom stereocenters. The Hall–Kier alpha value is -1.56. The van der Waals surface area contributed by atoms with Gasteiger partial charge in [-0.3, -0.25) is 0 Å². The van der Waals surface area contributed by atoms with Gasteiger partial charge in [0.2, 0.25) is 0 Å². The van der Waals surface area contributed by atoms with E-state index in [1.165, 1.54) is 6.07 Å². The van der Waals surface area contributed by atoms with Gasteiger partial charge in [0.15, 0.2) is 0 Å². The molecule has 0 amide bonds. The number of hydrogen-bond donors (Lipinski definition) is 1. The Bertz CT molecular complexity index is 436. The van der Waals surface area contributed by atoms with E-state index >= 15 is 0 Å². The molecule has 17 heavy (non-hydrogen) atoms. The minimum atomic E-state index is -0.229. The van der Waals surface area contributed by atoms with Crippen LogP contribution in [-0.4, -0.2) is 6.04 Å². The van der Waals surface area contributed by atoms with Gasteiger partial charge in [-0.05, 0) is 37.5 Å². The highest BCUT2D eigenvalue weighted by Gasteiger charge is 2.25. The molecule has 1 N–H and O–H groups in total. The van der Waals surface area contributed by atoms with Gasteiger partial charge in [-0.25, -0.2) is 4.39 Å². The van der Waals surface area contributed by atoms with E-state index in [1.807, 2.05) is 13.0 Å². The van der Waals surface area contributed by atoms with Crippen molar-refractivity contribution in [2.45, 2.75) is 38.6 Å². The summed E-state index contributed by atoms with van der Waals surface area (Å²) in [6.45, 7) is 1.87. The van der Waals surface area contributed by atoms with Crippen molar-refractivity contribution in [1.29, 1.82) is 5.26 Å². The molecular formula is C14H17FN2. The third-order valence-electron chi connectivity index (χ3n) is 3.40. The lowest BCUT2D eigenvalue weighted by molar-refractivity contribution is 0.387. The molecule has 1 aliphatic carbocycles. The van der Waals surface area contributed by atoms with Crippen molar-refractivity contribution in [3.05, 3.63) is 29.6 Å². The lowest BCUT2D eigenvalue weighted by atomic mass is 9.85. The molecule has 0 bridgehead atoms. The standard InChI is InChI=1S/C14H17FN2/c1-10-6-7-14(12(15)8-10)17-13-5-3-2-4-11(13)9-16/h6-8,11,13,17H,2-5H2,1H3. The molecule has 0 aromatic heterocycles. The molecule has 0 heterocycles. The highest BCUT2D eigenvalue weighted by atomic mass is 19.1. The maximum Gasteiger partial charge on any atom is 0.146 e. The quantitative estimate of drug-likeness (QED) is 0.845. The number of hydrogen-bond acceptors (Lipinski definition) is 2. The van der Waals surface area contributed by atoms with Crippen LogP contribution in [0.2, 0.25) is 0 Å². The number of nitrogens with zero attached hydrogens (tertiary/aromatic N) is 1. The third-order valence-corrected chi connectivity index (χ3v) is 3.40. The van der Waals surface area contributed by atoms with Crippen LogP contribution in [0.15, 0.2) is 18.2 Å². The van der Waals surface area contributed by atoms with Crippen molar-refractivity contribution in [2.24, 2.45) is 5.92 Å². The van der Waals surface area contributed by atoms with Gasteiger partial charge in [-0.2, -0.15) is 5.26 Å². The summed E-state index contributed by atoms with van der Waals surface area (Å²) in [6, 6.07) is 7.57. The fourth-order valence-corrected chi connectivity index (χ4v) is 2.40. The van der Waals surface area contributed by atoms with Crippen LogP contribution in [0.1, 0.15) is 31.2 Å². The van der Waals surface area contributed by atoms with E-state index in [-0.39, 0.29) is 17.8 Å². The van der Waals surface area contributed by atoms with E-state index in [9.17, 15) is 4.39 Å². The molecule has 1 aliphatic rings. The summed E-state index contributed by atoms with van der Waals surface area (Å²) < 4.78 is 13.7. The van der Waals surface area contributed by atoms with Crippen LogP contribution in [0.4, 0.5) is 10.1 Å². The van der Waals surface area contributed by atoms with Crippen LogP contribution in [0.5, 0.6) is 0 Å². The van der Waals surface area contributed by atoms with Crippen molar-refractivity contribution in [3.63, 3.8) is 0 Å². The first kappa shape index (κ1) is 11.9. The Labute approximate surface area is 101 Å². The van der Waals surface area contributed by atoms with Crippen LogP contribution < -0.4 is 5.32 Å². The lowest BCUT2D eigenvalue weighted by Gasteiger charge is -2.28. The van der Waals surface area contributed by atoms with Crippen LogP contribution >= 0.6 is 0 Å². The van der Waals surface area contributed by atoms with Gasteiger partial charge in [0.05, 0.1) is 17.7 Å². The Morgan fingerprint density at radius 2 is 2.12 bits per heavy atom. The number of nitriles is 1. The minimum Gasteiger partial charge on any atom is -0.379 e. The van der Waals surface area contributed by atoms with E-state index in [0.717, 1.165) is 31.2 Å². The van der Waals surface area contributed by atoms with Crippen molar-refractivity contribution >= 4 is 5.69 Å². The summed E-state index contributed by atoms with van der Waals surface area (Å²) in [7, 11) is 0. The summed E-state index contributed by atoms with van der Waals surface area (Å²) >= 11 is 0. The van der Waals surface area contributed by atoms with Gasteiger partial charge < -0.3 is 5.32 Å². The summed E-state index contributed by atoms with van der Waals surface area (Å²) in [5.41, 5.74) is 1.43. The molecule has 0 aliphatic heterocycles. The highest BCUT2D eigenvalue weighted by Crippen LogP contribution is 2.27. The summed E-state index contributed by atoms with van der Waals surface area (Å²) in [5, 5.41) is 12.2. The van der Waals surface area contributed by atoms with Gasteiger partial charge in [0, 0.05) is 6.04 Å². The maximum atomic E-state index is 13.7. The maximum absolute atomic E-state index is 13.7. The number of halogens is 1. The molecule has 3 heteroatoms. The van der Waals surface area contributed by atoms with Gasteiger partial charge in [0.25, 0.3) is 0 Å². The molecular weight excluding hydrogens is 215 g/mol. The Morgan fingerprint density at radius 1 is 1.35 bits per heavy atom. The largest absolute Gasteiger partial charge is 0.379 e. The van der Waals surface area contributed by atoms with E-state index in [0.29, 0.717) is 5.69 Å². The van der Waals surface area contributed by atoms with Crippen molar-refractivity contribution in [3.8, 4) is 6.07 Å². The van der Waals surface area contributed by atoms with Crippen molar-refractivity contribution in [1.82, 2.24) is 0 Å². The van der Waals surface area contributed by atoms with Crippen LogP contribution in [-0.2, 0) is 0 Å². The zero-order chi connectivity index (χ0) is 12.3. The summed E-state index contributed by atoms with van der Waals surface area (Å²) in [6.07, 6.45) is 4.09. The highest BCUT2D eigenvalue weighted by molar-refractivity contribution is 5.47. The smallest absolute Gasteiger partial charge is 0.146 e. The summed E-state index contributed by atoms with van der Waals surface area (Å²) in [4.78, 5) is 0. The van der Waals surface area contributed by atoms with Crippen LogP contribution in [0, 0.1) is 30.0 Å². The molecule has 0 spiro atoms. The third kappa shape index (κ3) is 2.76. The molecule has 0 radical (unpaired) electrons. The molecule has 1 aromatic rings. The van der Waals surface area contributed by atoms with Crippen LogP contribution in [0.3, 0.4) is 0 Å². The van der Waals surface area contributed by atoms with E-state index in [1.54, 1.807) is 6.07 Å². The minimum absolute atomic E-state index is 0.00412. The molecule has 2 nitrogen and oxygen atoms in total. The average Bonchev–Trinajstić information content (AvgIpc) is 2.33. The van der Waals surface area contributed by atoms with Crippen LogP contribution in [0.25, 0.3) is 0 Å². The second-order valence-electron chi connectivity index (χ2n) is 4.75. The average molecular weight is 232 g/mol. The Balaban J connectivity index is 2.11. The second-order valence-corrected chi connectivity index (χ2v) is 4.75. The van der Waals surface area contributed by atoms with Gasteiger partial charge in [-0.15, -0.1) is 0 Å². The molecule has 2 rings (SSSR count). The number of benzene rings is 1. The van der Waals surface area contributed by atoms with Gasteiger partial charge in [-0.1, -0.05) is 18.9 Å². The van der Waals surface area contributed by atoms with Crippen molar-refractivity contribution in [2.75, 3.05) is 5.32 Å². The molecule has 0 saturated heterocycles. The second kappa shape index (κ2) is 5.18. The first-order valence-corrected chi connectivity index (χ1v) is 6.13. The zero-order valence-electron chi connectivity index (χ0n) is 10.0. The lowest BCUT2D eigenvalue weighted by Crippen LogP contribution is -2.31. The summed E-state index contributed by atoms with van der Waals surface area (Å²) in [5.74, 6) is -0.225. The Kier molecular flexibility index (Phi) is 3.63. The zero-order valence-corrected chi connectivity index (χ0v) is 10.0. The van der Waals surface area contributed by atoms with Gasteiger partial charge in [0.1, 0.15) is 5.82 Å². The van der Waals surface area contributed by atoms with E-state index in [4.69, 9.17) is 5.26 Å². The first-order valence-electron chi connectivity index (χ1n) is 6.13. The van der Waals surface area contributed by atoms with E-state index < -0.39 is 0 Å². The normalized spacial score (nSPS) is 24.1. The molecule has 90 valence electrons. The first-order chi connectivity index (χ1) is 8.20. The number of aryl methyl sites for hydroxylation is 1. The monoisotopic (exact) mass is 232 g/mol. The van der Waals surface area contributed by atoms with E-state index in [2.05, 4.69) is 11.4 Å². The predicted octanol–water partition coefficient (Wildman–Crippen LogP) is 3.63. The molecule has 2 unspecified atom stereocenters. The molecule has 1 saturated carbocycles. The Morgan fingerprint density at radius 3 is 2.82 bits per heavy atom. The fourth-order valence-electron chi connectivity index (χ4n) is 2.40. The SMILES string of the molecule is Cc1ccc(NC2CCCCC2C#N)c(F)c1. The van der Waals surface area contributed by atoms with Crippen molar-refractivity contribution < 1.29 is 4.39 Å². The molecule has 1 fully saturated rings. The number of rotatable bonds is 2. The predicted molar refractivity (Wildman–Crippen MR) is 66.1 cm³/mol.